The molecular formula is C8H13F2N3S. The molecule has 1 aromatic rings. The Bertz CT molecular complexity index is 361. The molecule has 0 aliphatic heterocycles. The SMILES string of the molecule is CC(C)(C)c1n[nH]c(=S)n1CC(F)F. The third-order valence-electron chi connectivity index (χ3n) is 1.75. The molecule has 3 nitrogen and oxygen atoms in total. The highest BCUT2D eigenvalue weighted by Gasteiger charge is 2.22. The Kier molecular flexibility index (Phi) is 3.04. The summed E-state index contributed by atoms with van der Waals surface area (Å²) in [5.41, 5.74) is -0.289. The van der Waals surface area contributed by atoms with Crippen LogP contribution in [0.5, 0.6) is 0 Å². The van der Waals surface area contributed by atoms with E-state index >= 15 is 0 Å². The summed E-state index contributed by atoms with van der Waals surface area (Å²) in [6.45, 7) is 5.31. The number of aromatic nitrogens is 3. The Morgan fingerprint density at radius 1 is 1.50 bits per heavy atom. The molecule has 0 aliphatic rings. The average Bonchev–Trinajstić information content (AvgIpc) is 2.30. The highest BCUT2D eigenvalue weighted by molar-refractivity contribution is 7.71. The van der Waals surface area contributed by atoms with Crippen LogP contribution in [0.4, 0.5) is 8.78 Å². The van der Waals surface area contributed by atoms with E-state index in [1.165, 1.54) is 4.57 Å². The first kappa shape index (κ1) is 11.3. The quantitative estimate of drug-likeness (QED) is 0.778. The molecule has 0 spiro atoms. The molecule has 0 amide bonds. The number of nitrogens with one attached hydrogen (secondary N) is 1. The van der Waals surface area contributed by atoms with Crippen molar-refractivity contribution in [3.63, 3.8) is 0 Å². The van der Waals surface area contributed by atoms with E-state index in [1.807, 2.05) is 20.8 Å². The summed E-state index contributed by atoms with van der Waals surface area (Å²) in [6.07, 6.45) is -2.42. The molecule has 0 saturated carbocycles. The van der Waals surface area contributed by atoms with Gasteiger partial charge in [-0.25, -0.2) is 8.78 Å². The molecule has 14 heavy (non-hydrogen) atoms. The monoisotopic (exact) mass is 221 g/mol. The van der Waals surface area contributed by atoms with E-state index in [2.05, 4.69) is 10.2 Å². The topological polar surface area (TPSA) is 33.6 Å². The number of H-pyrrole nitrogens is 1. The molecule has 0 radical (unpaired) electrons. The molecule has 0 unspecified atom stereocenters. The second-order valence-corrected chi connectivity index (χ2v) is 4.49. The van der Waals surface area contributed by atoms with Crippen molar-refractivity contribution in [3.05, 3.63) is 10.6 Å². The third-order valence-corrected chi connectivity index (χ3v) is 2.06. The van der Waals surface area contributed by atoms with Crippen molar-refractivity contribution in [2.45, 2.75) is 39.2 Å². The maximum absolute atomic E-state index is 12.2. The van der Waals surface area contributed by atoms with Crippen molar-refractivity contribution in [2.24, 2.45) is 0 Å². The van der Waals surface area contributed by atoms with E-state index in [-0.39, 0.29) is 10.2 Å². The van der Waals surface area contributed by atoms with Crippen LogP contribution in [0.15, 0.2) is 0 Å². The minimum Gasteiger partial charge on any atom is -0.298 e. The van der Waals surface area contributed by atoms with Gasteiger partial charge in [-0.2, -0.15) is 5.10 Å². The zero-order valence-electron chi connectivity index (χ0n) is 8.34. The summed E-state index contributed by atoms with van der Waals surface area (Å²) in [6, 6.07) is 0. The van der Waals surface area contributed by atoms with E-state index in [1.54, 1.807) is 0 Å². The molecule has 0 saturated heterocycles. The molecule has 0 aromatic carbocycles. The Hall–Kier alpha value is -0.780. The predicted octanol–water partition coefficient (Wildman–Crippen LogP) is 2.50. The van der Waals surface area contributed by atoms with Crippen LogP contribution in [0.2, 0.25) is 0 Å². The van der Waals surface area contributed by atoms with Gasteiger partial charge < -0.3 is 0 Å². The number of alkyl halides is 2. The van der Waals surface area contributed by atoms with Gasteiger partial charge in [0.1, 0.15) is 5.82 Å². The molecule has 1 N–H and O–H groups in total. The highest BCUT2D eigenvalue weighted by Crippen LogP contribution is 2.20. The van der Waals surface area contributed by atoms with E-state index < -0.39 is 13.0 Å². The maximum Gasteiger partial charge on any atom is 0.256 e. The van der Waals surface area contributed by atoms with Gasteiger partial charge in [0.2, 0.25) is 0 Å². The molecule has 0 atom stereocenters. The fraction of sp³-hybridized carbons (Fsp3) is 0.750. The van der Waals surface area contributed by atoms with Crippen molar-refractivity contribution < 1.29 is 8.78 Å². The molecular weight excluding hydrogens is 208 g/mol. The molecule has 1 heterocycles. The van der Waals surface area contributed by atoms with Crippen molar-refractivity contribution in [1.29, 1.82) is 0 Å². The van der Waals surface area contributed by atoms with Crippen molar-refractivity contribution in [3.8, 4) is 0 Å². The van der Waals surface area contributed by atoms with Crippen LogP contribution in [0.25, 0.3) is 0 Å². The zero-order chi connectivity index (χ0) is 10.9. The van der Waals surface area contributed by atoms with Gasteiger partial charge in [-0.3, -0.25) is 9.67 Å². The van der Waals surface area contributed by atoms with E-state index in [9.17, 15) is 8.78 Å². The first-order chi connectivity index (χ1) is 6.32. The molecule has 80 valence electrons. The fourth-order valence-electron chi connectivity index (χ4n) is 1.20. The van der Waals surface area contributed by atoms with Crippen LogP contribution in [-0.4, -0.2) is 21.2 Å². The number of rotatable bonds is 2. The van der Waals surface area contributed by atoms with Gasteiger partial charge in [-0.05, 0) is 12.2 Å². The lowest BCUT2D eigenvalue weighted by molar-refractivity contribution is 0.123. The van der Waals surface area contributed by atoms with Crippen LogP contribution in [0, 0.1) is 4.77 Å². The zero-order valence-corrected chi connectivity index (χ0v) is 9.16. The molecule has 0 bridgehead atoms. The minimum atomic E-state index is -2.42. The Morgan fingerprint density at radius 2 is 2.07 bits per heavy atom. The third kappa shape index (κ3) is 2.37. The first-order valence-corrected chi connectivity index (χ1v) is 4.67. The second kappa shape index (κ2) is 3.76. The number of hydrogen-bond donors (Lipinski definition) is 1. The van der Waals surface area contributed by atoms with E-state index in [0.29, 0.717) is 5.82 Å². The average molecular weight is 221 g/mol. The Morgan fingerprint density at radius 3 is 2.50 bits per heavy atom. The van der Waals surface area contributed by atoms with Crippen LogP contribution in [-0.2, 0) is 12.0 Å². The molecule has 0 fully saturated rings. The summed E-state index contributed by atoms with van der Waals surface area (Å²) in [5.74, 6) is 0.558. The smallest absolute Gasteiger partial charge is 0.256 e. The fourth-order valence-corrected chi connectivity index (χ4v) is 1.40. The van der Waals surface area contributed by atoms with Gasteiger partial charge in [0.15, 0.2) is 4.77 Å². The number of aromatic amines is 1. The number of halogens is 2. The Labute approximate surface area is 86.1 Å². The standard InChI is InChI=1S/C8H13F2N3S/c1-8(2,3)6-11-12-7(14)13(6)4-5(9)10/h5H,4H2,1-3H3,(H,12,14). The lowest BCUT2D eigenvalue weighted by Gasteiger charge is -2.18. The normalized spacial score (nSPS) is 12.4. The van der Waals surface area contributed by atoms with E-state index in [0.717, 1.165) is 0 Å². The van der Waals surface area contributed by atoms with E-state index in [4.69, 9.17) is 12.2 Å². The molecule has 1 aromatic heterocycles. The van der Waals surface area contributed by atoms with Crippen molar-refractivity contribution in [1.82, 2.24) is 14.8 Å². The lowest BCUT2D eigenvalue weighted by atomic mass is 9.96. The minimum absolute atomic E-state index is 0.246. The van der Waals surface area contributed by atoms with Crippen LogP contribution in [0.3, 0.4) is 0 Å². The lowest BCUT2D eigenvalue weighted by Crippen LogP contribution is -2.21. The van der Waals surface area contributed by atoms with Gasteiger partial charge >= 0.3 is 0 Å². The van der Waals surface area contributed by atoms with Crippen LogP contribution >= 0.6 is 12.2 Å². The van der Waals surface area contributed by atoms with Gasteiger partial charge in [0, 0.05) is 5.41 Å². The van der Waals surface area contributed by atoms with Crippen LogP contribution in [0.1, 0.15) is 26.6 Å². The molecule has 0 aliphatic carbocycles. The van der Waals surface area contributed by atoms with Gasteiger partial charge in [-0.15, -0.1) is 0 Å². The Balaban J connectivity index is 3.13. The summed E-state index contributed by atoms with van der Waals surface area (Å²) < 4.78 is 26.1. The van der Waals surface area contributed by atoms with Gasteiger partial charge in [0.25, 0.3) is 6.43 Å². The largest absolute Gasteiger partial charge is 0.298 e. The first-order valence-electron chi connectivity index (χ1n) is 4.26. The predicted molar refractivity (Wildman–Crippen MR) is 52.1 cm³/mol. The summed E-state index contributed by atoms with van der Waals surface area (Å²) in [5, 5.41) is 6.48. The van der Waals surface area contributed by atoms with Gasteiger partial charge in [0.05, 0.1) is 6.54 Å². The summed E-state index contributed by atoms with van der Waals surface area (Å²) in [4.78, 5) is 0. The van der Waals surface area contributed by atoms with Crippen LogP contribution < -0.4 is 0 Å². The highest BCUT2D eigenvalue weighted by atomic mass is 32.1. The van der Waals surface area contributed by atoms with Gasteiger partial charge in [-0.1, -0.05) is 20.8 Å². The number of nitrogens with zero attached hydrogens (tertiary/aromatic N) is 2. The van der Waals surface area contributed by atoms with Crippen molar-refractivity contribution >= 4 is 12.2 Å². The summed E-state index contributed by atoms with van der Waals surface area (Å²) >= 11 is 4.87. The molecule has 6 heteroatoms. The number of hydrogen-bond acceptors (Lipinski definition) is 2. The van der Waals surface area contributed by atoms with Crippen molar-refractivity contribution in [2.75, 3.05) is 0 Å². The summed E-state index contributed by atoms with van der Waals surface area (Å²) in [7, 11) is 0. The second-order valence-electron chi connectivity index (χ2n) is 4.10. The maximum atomic E-state index is 12.2. The molecule has 1 rings (SSSR count).